The maximum absolute atomic E-state index is 13.8. The van der Waals surface area contributed by atoms with Crippen molar-refractivity contribution in [3.8, 4) is 11.4 Å². The zero-order valence-corrected chi connectivity index (χ0v) is 24.4. The minimum Gasteiger partial charge on any atom is -0.389 e. The lowest BCUT2D eigenvalue weighted by atomic mass is 9.98. The number of ether oxygens (including phenoxy) is 1. The first kappa shape index (κ1) is 27.8. The Morgan fingerprint density at radius 3 is 2.64 bits per heavy atom. The van der Waals surface area contributed by atoms with Crippen LogP contribution in [0.3, 0.4) is 0 Å². The monoisotopic (exact) mass is 566 g/mol. The number of hydrogen-bond donors (Lipinski definition) is 1. The van der Waals surface area contributed by atoms with E-state index in [1.807, 2.05) is 24.2 Å². The molecule has 0 aliphatic carbocycles. The number of anilines is 1. The van der Waals surface area contributed by atoms with E-state index < -0.39 is 5.60 Å². The zero-order chi connectivity index (χ0) is 29.6. The van der Waals surface area contributed by atoms with Gasteiger partial charge >= 0.3 is 0 Å². The lowest BCUT2D eigenvalue weighted by Gasteiger charge is -2.37. The molecule has 0 unspecified atom stereocenters. The SMILES string of the molecule is C=C1C(C)=CC(c2ccc3nc(-c4cnn(CC(C)(C)O)c4)nc(N4CCOC[C@@H]4c4ccc(F)cc4)c3c2)=CN1C. The number of halogens is 1. The van der Waals surface area contributed by atoms with E-state index in [9.17, 15) is 9.50 Å². The third-order valence-electron chi connectivity index (χ3n) is 7.69. The van der Waals surface area contributed by atoms with E-state index in [4.69, 9.17) is 14.7 Å². The highest BCUT2D eigenvalue weighted by molar-refractivity contribution is 5.94. The smallest absolute Gasteiger partial charge is 0.165 e. The molecule has 0 saturated carbocycles. The van der Waals surface area contributed by atoms with Gasteiger partial charge in [0.2, 0.25) is 0 Å². The highest BCUT2D eigenvalue weighted by Crippen LogP contribution is 2.37. The van der Waals surface area contributed by atoms with Crippen LogP contribution in [0.5, 0.6) is 0 Å². The molecule has 4 aromatic rings. The molecule has 2 aliphatic rings. The van der Waals surface area contributed by atoms with Gasteiger partial charge in [-0.2, -0.15) is 5.10 Å². The molecule has 0 spiro atoms. The summed E-state index contributed by atoms with van der Waals surface area (Å²) >= 11 is 0. The Kier molecular flexibility index (Phi) is 7.16. The molecule has 4 heterocycles. The van der Waals surface area contributed by atoms with Gasteiger partial charge in [-0.05, 0) is 73.4 Å². The number of aliphatic hydroxyl groups is 1. The van der Waals surface area contributed by atoms with Crippen LogP contribution in [0.1, 0.15) is 37.9 Å². The molecule has 9 heteroatoms. The molecular weight excluding hydrogens is 531 g/mol. The number of benzene rings is 2. The molecule has 2 aromatic heterocycles. The molecule has 0 radical (unpaired) electrons. The number of hydrogen-bond acceptors (Lipinski definition) is 7. The summed E-state index contributed by atoms with van der Waals surface area (Å²) in [5.74, 6) is 1.04. The summed E-state index contributed by atoms with van der Waals surface area (Å²) in [6.07, 6.45) is 7.81. The van der Waals surface area contributed by atoms with E-state index in [1.54, 1.807) is 36.9 Å². The van der Waals surface area contributed by atoms with Crippen molar-refractivity contribution in [2.45, 2.75) is 39.0 Å². The molecule has 1 fully saturated rings. The van der Waals surface area contributed by atoms with Gasteiger partial charge in [0.1, 0.15) is 11.6 Å². The van der Waals surface area contributed by atoms with Gasteiger partial charge in [-0.15, -0.1) is 0 Å². The van der Waals surface area contributed by atoms with Crippen LogP contribution in [-0.4, -0.2) is 62.2 Å². The van der Waals surface area contributed by atoms with Crippen LogP contribution in [0.15, 0.2) is 85.0 Å². The Bertz CT molecular complexity index is 1720. The third-order valence-corrected chi connectivity index (χ3v) is 7.69. The maximum Gasteiger partial charge on any atom is 0.165 e. The number of fused-ring (bicyclic) bond motifs is 1. The molecule has 2 aliphatic heterocycles. The Morgan fingerprint density at radius 2 is 1.90 bits per heavy atom. The van der Waals surface area contributed by atoms with Crippen LogP contribution in [0.2, 0.25) is 0 Å². The minimum absolute atomic E-state index is 0.155. The van der Waals surface area contributed by atoms with Crippen molar-refractivity contribution < 1.29 is 14.2 Å². The van der Waals surface area contributed by atoms with Gasteiger partial charge in [-0.25, -0.2) is 14.4 Å². The predicted molar refractivity (Wildman–Crippen MR) is 163 cm³/mol. The summed E-state index contributed by atoms with van der Waals surface area (Å²) in [5.41, 5.74) is 5.79. The van der Waals surface area contributed by atoms with Crippen molar-refractivity contribution in [2.24, 2.45) is 0 Å². The van der Waals surface area contributed by atoms with E-state index in [1.165, 1.54) is 12.1 Å². The summed E-state index contributed by atoms with van der Waals surface area (Å²) in [7, 11) is 2.00. The molecule has 216 valence electrons. The fourth-order valence-corrected chi connectivity index (χ4v) is 5.50. The van der Waals surface area contributed by atoms with Crippen LogP contribution in [-0.2, 0) is 11.3 Å². The van der Waals surface area contributed by atoms with Gasteiger partial charge in [0.25, 0.3) is 0 Å². The fourth-order valence-electron chi connectivity index (χ4n) is 5.50. The van der Waals surface area contributed by atoms with Crippen molar-refractivity contribution in [3.05, 3.63) is 102 Å². The van der Waals surface area contributed by atoms with Crippen LogP contribution in [0.25, 0.3) is 27.9 Å². The van der Waals surface area contributed by atoms with Crippen LogP contribution in [0.4, 0.5) is 10.2 Å². The summed E-state index contributed by atoms with van der Waals surface area (Å²) in [4.78, 5) is 14.4. The van der Waals surface area contributed by atoms with E-state index in [0.717, 1.165) is 50.3 Å². The van der Waals surface area contributed by atoms with Gasteiger partial charge in [-0.3, -0.25) is 4.68 Å². The number of rotatable bonds is 6. The Balaban J connectivity index is 1.50. The Labute approximate surface area is 245 Å². The quantitative estimate of drug-likeness (QED) is 0.319. The van der Waals surface area contributed by atoms with Gasteiger partial charge < -0.3 is 19.6 Å². The molecule has 8 nitrogen and oxygen atoms in total. The molecule has 1 atom stereocenters. The second-order valence-electron chi connectivity index (χ2n) is 11.6. The van der Waals surface area contributed by atoms with E-state index >= 15 is 0 Å². The molecule has 6 rings (SSSR count). The first-order valence-electron chi connectivity index (χ1n) is 14.1. The van der Waals surface area contributed by atoms with E-state index in [0.29, 0.717) is 32.1 Å². The number of aromatic nitrogens is 4. The van der Waals surface area contributed by atoms with E-state index in [-0.39, 0.29) is 11.9 Å². The lowest BCUT2D eigenvalue weighted by molar-refractivity contribution is 0.0577. The molecule has 42 heavy (non-hydrogen) atoms. The predicted octanol–water partition coefficient (Wildman–Crippen LogP) is 5.73. The zero-order valence-electron chi connectivity index (χ0n) is 24.4. The maximum atomic E-state index is 13.8. The number of likely N-dealkylation sites (N-methyl/N-ethyl adjacent to an activating group) is 1. The minimum atomic E-state index is -0.910. The number of morpholine rings is 1. The molecule has 1 N–H and O–H groups in total. The van der Waals surface area contributed by atoms with Crippen molar-refractivity contribution >= 4 is 22.3 Å². The largest absolute Gasteiger partial charge is 0.389 e. The second-order valence-corrected chi connectivity index (χ2v) is 11.6. The lowest BCUT2D eigenvalue weighted by Crippen LogP contribution is -2.40. The normalized spacial score (nSPS) is 18.0. The second kappa shape index (κ2) is 10.8. The first-order valence-corrected chi connectivity index (χ1v) is 14.1. The Morgan fingerprint density at radius 1 is 1.12 bits per heavy atom. The van der Waals surface area contributed by atoms with Crippen LogP contribution in [0, 0.1) is 5.82 Å². The first-order chi connectivity index (χ1) is 20.1. The van der Waals surface area contributed by atoms with Gasteiger partial charge in [0.05, 0.1) is 48.7 Å². The third kappa shape index (κ3) is 5.57. The summed E-state index contributed by atoms with van der Waals surface area (Å²) in [5, 5.41) is 15.7. The highest BCUT2D eigenvalue weighted by Gasteiger charge is 2.29. The van der Waals surface area contributed by atoms with Gasteiger partial charge in [0.15, 0.2) is 5.82 Å². The van der Waals surface area contributed by atoms with E-state index in [2.05, 4.69) is 47.9 Å². The standard InChI is InChI=1S/C33H35FN6O2/c1-21-14-25(17-38(5)22(21)2)24-8-11-29-28(15-24)32(37-31(36-29)26-16-35-39(18-26)20-33(3,4)41)40-12-13-42-19-30(40)23-6-9-27(34)10-7-23/h6-11,14-18,30,41H,2,12-13,19-20H2,1,3-5H3/t30-/m1/s1. The number of nitrogens with zero attached hydrogens (tertiary/aromatic N) is 6. The van der Waals surface area contributed by atoms with Crippen molar-refractivity contribution in [1.29, 1.82) is 0 Å². The van der Waals surface area contributed by atoms with Gasteiger partial charge in [-0.1, -0.05) is 24.8 Å². The average Bonchev–Trinajstić information content (AvgIpc) is 3.42. The molecule has 0 amide bonds. The number of allylic oxidation sites excluding steroid dienone is 3. The molecular formula is C33H35FN6O2. The summed E-state index contributed by atoms with van der Waals surface area (Å²) in [6, 6.07) is 12.7. The van der Waals surface area contributed by atoms with Crippen molar-refractivity contribution in [2.75, 3.05) is 31.7 Å². The van der Waals surface area contributed by atoms with Crippen molar-refractivity contribution in [1.82, 2.24) is 24.6 Å². The van der Waals surface area contributed by atoms with Crippen molar-refractivity contribution in [3.63, 3.8) is 0 Å². The van der Waals surface area contributed by atoms with Gasteiger partial charge in [0, 0.05) is 37.1 Å². The van der Waals surface area contributed by atoms with Crippen LogP contribution < -0.4 is 4.90 Å². The topological polar surface area (TPSA) is 79.5 Å². The average molecular weight is 567 g/mol. The summed E-state index contributed by atoms with van der Waals surface area (Å²) < 4.78 is 21.4. The highest BCUT2D eigenvalue weighted by atomic mass is 19.1. The van der Waals surface area contributed by atoms with Crippen LogP contribution >= 0.6 is 0 Å². The fraction of sp³-hybridized carbons (Fsp3) is 0.303. The molecule has 0 bridgehead atoms. The summed E-state index contributed by atoms with van der Waals surface area (Å²) in [6.45, 7) is 11.7. The molecule has 2 aromatic carbocycles. The molecule has 1 saturated heterocycles. The Hall–Kier alpha value is -4.34.